The Balaban J connectivity index is 1.78. The predicted octanol–water partition coefficient (Wildman–Crippen LogP) is 2.08. The van der Waals surface area contributed by atoms with Gasteiger partial charge in [-0.2, -0.15) is 5.10 Å². The highest BCUT2D eigenvalue weighted by Gasteiger charge is 2.27. The Morgan fingerprint density at radius 3 is 2.70 bits per heavy atom. The predicted molar refractivity (Wildman–Crippen MR) is 87.8 cm³/mol. The lowest BCUT2D eigenvalue weighted by Gasteiger charge is -2.28. The second-order valence-corrected chi connectivity index (χ2v) is 6.30. The average molecular weight is 313 g/mol. The monoisotopic (exact) mass is 313 g/mol. The van der Waals surface area contributed by atoms with Crippen molar-refractivity contribution in [2.75, 3.05) is 6.54 Å². The number of aliphatic hydroxyl groups is 1. The smallest absolute Gasteiger partial charge is 0.227 e. The number of carbonyl (C=O) groups excluding carboxylic acids is 1. The lowest BCUT2D eigenvalue weighted by atomic mass is 10.0. The third-order valence-corrected chi connectivity index (χ3v) is 4.36. The Morgan fingerprint density at radius 1 is 1.30 bits per heavy atom. The Hall–Kier alpha value is -2.14. The topological polar surface area (TPSA) is 58.4 Å². The summed E-state index contributed by atoms with van der Waals surface area (Å²) < 4.78 is 1.99. The molecule has 0 spiro atoms. The van der Waals surface area contributed by atoms with Gasteiger partial charge in [0.15, 0.2) is 0 Å². The fraction of sp³-hybridized carbons (Fsp3) is 0.444. The van der Waals surface area contributed by atoms with Crippen LogP contribution in [-0.4, -0.2) is 32.2 Å². The maximum atomic E-state index is 12.6. The number of aliphatic hydroxyl groups excluding tert-OH is 1. The van der Waals surface area contributed by atoms with Gasteiger partial charge in [0.05, 0.1) is 18.7 Å². The van der Waals surface area contributed by atoms with Crippen LogP contribution in [0.1, 0.15) is 42.4 Å². The quantitative estimate of drug-likeness (QED) is 0.940. The van der Waals surface area contributed by atoms with Gasteiger partial charge in [-0.15, -0.1) is 0 Å². The van der Waals surface area contributed by atoms with E-state index in [0.29, 0.717) is 25.2 Å². The van der Waals surface area contributed by atoms with Crippen molar-refractivity contribution < 1.29 is 9.90 Å². The van der Waals surface area contributed by atoms with E-state index in [1.807, 2.05) is 39.9 Å². The highest BCUT2D eigenvalue weighted by atomic mass is 16.3. The van der Waals surface area contributed by atoms with Crippen molar-refractivity contribution >= 4 is 5.91 Å². The highest BCUT2D eigenvalue weighted by molar-refractivity contribution is 5.79. The minimum atomic E-state index is -0.0806. The number of nitrogens with zero attached hydrogens (tertiary/aromatic N) is 3. The number of hydrogen-bond donors (Lipinski definition) is 1. The first kappa shape index (κ1) is 15.7. The minimum Gasteiger partial charge on any atom is -0.390 e. The lowest BCUT2D eigenvalue weighted by Crippen LogP contribution is -2.37. The molecule has 0 atom stereocenters. The van der Waals surface area contributed by atoms with E-state index >= 15 is 0 Å². The molecule has 0 saturated carbocycles. The van der Waals surface area contributed by atoms with E-state index in [1.54, 1.807) is 0 Å². The molecule has 1 aromatic carbocycles. The zero-order valence-electron chi connectivity index (χ0n) is 13.7. The van der Waals surface area contributed by atoms with Crippen LogP contribution in [0, 0.1) is 0 Å². The summed E-state index contributed by atoms with van der Waals surface area (Å²) in [5.41, 5.74) is 3.91. The second-order valence-electron chi connectivity index (χ2n) is 6.30. The van der Waals surface area contributed by atoms with Crippen molar-refractivity contribution in [1.29, 1.82) is 0 Å². The molecule has 1 amide bonds. The van der Waals surface area contributed by atoms with Crippen LogP contribution in [0.4, 0.5) is 0 Å². The summed E-state index contributed by atoms with van der Waals surface area (Å²) in [6, 6.07) is 10.1. The fourth-order valence-corrected chi connectivity index (χ4v) is 3.16. The van der Waals surface area contributed by atoms with E-state index in [9.17, 15) is 9.90 Å². The van der Waals surface area contributed by atoms with Gasteiger partial charge >= 0.3 is 0 Å². The number of fused-ring (bicyclic) bond motifs is 1. The van der Waals surface area contributed by atoms with Crippen molar-refractivity contribution in [1.82, 2.24) is 14.7 Å². The van der Waals surface area contributed by atoms with Gasteiger partial charge in [0.1, 0.15) is 0 Å². The van der Waals surface area contributed by atoms with Crippen LogP contribution in [0.3, 0.4) is 0 Å². The molecule has 1 aliphatic rings. The molecule has 1 N–H and O–H groups in total. The van der Waals surface area contributed by atoms with Crippen LogP contribution >= 0.6 is 0 Å². The standard InChI is InChI=1S/C18H23N3O2/c1-13(2)21-17-8-9-20(11-15(17)16(12-22)19-21)18(23)10-14-6-4-3-5-7-14/h3-7,13,22H,8-12H2,1-2H3. The van der Waals surface area contributed by atoms with Gasteiger partial charge < -0.3 is 10.0 Å². The first-order valence-corrected chi connectivity index (χ1v) is 8.11. The summed E-state index contributed by atoms with van der Waals surface area (Å²) in [7, 11) is 0. The SMILES string of the molecule is CC(C)n1nc(CO)c2c1CCN(C(=O)Cc1ccccc1)C2. The maximum Gasteiger partial charge on any atom is 0.227 e. The molecule has 23 heavy (non-hydrogen) atoms. The Morgan fingerprint density at radius 2 is 2.04 bits per heavy atom. The normalized spacial score (nSPS) is 14.2. The molecule has 5 heteroatoms. The number of benzene rings is 1. The van der Waals surface area contributed by atoms with E-state index in [4.69, 9.17) is 0 Å². The fourth-order valence-electron chi connectivity index (χ4n) is 3.16. The summed E-state index contributed by atoms with van der Waals surface area (Å²) in [6.07, 6.45) is 1.21. The van der Waals surface area contributed by atoms with Crippen molar-refractivity contribution in [2.45, 2.75) is 45.9 Å². The Bertz CT molecular complexity index is 692. The molecule has 1 aliphatic heterocycles. The van der Waals surface area contributed by atoms with E-state index in [-0.39, 0.29) is 18.6 Å². The van der Waals surface area contributed by atoms with Gasteiger partial charge in [-0.05, 0) is 19.4 Å². The van der Waals surface area contributed by atoms with E-state index < -0.39 is 0 Å². The van der Waals surface area contributed by atoms with Crippen LogP contribution < -0.4 is 0 Å². The van der Waals surface area contributed by atoms with Gasteiger partial charge in [-0.1, -0.05) is 30.3 Å². The molecule has 0 saturated heterocycles. The van der Waals surface area contributed by atoms with Gasteiger partial charge in [0.25, 0.3) is 0 Å². The van der Waals surface area contributed by atoms with Crippen LogP contribution in [-0.2, 0) is 30.8 Å². The first-order valence-electron chi connectivity index (χ1n) is 8.11. The van der Waals surface area contributed by atoms with Crippen molar-refractivity contribution in [3.05, 3.63) is 52.8 Å². The molecular weight excluding hydrogens is 290 g/mol. The Labute approximate surface area is 136 Å². The zero-order valence-corrected chi connectivity index (χ0v) is 13.7. The molecular formula is C18H23N3O2. The lowest BCUT2D eigenvalue weighted by molar-refractivity contribution is -0.131. The molecule has 2 aromatic rings. The number of rotatable bonds is 4. The molecule has 0 unspecified atom stereocenters. The second kappa shape index (κ2) is 6.54. The number of hydrogen-bond acceptors (Lipinski definition) is 3. The molecule has 1 aromatic heterocycles. The van der Waals surface area contributed by atoms with Crippen molar-refractivity contribution in [2.24, 2.45) is 0 Å². The third-order valence-electron chi connectivity index (χ3n) is 4.36. The van der Waals surface area contributed by atoms with Gasteiger partial charge in [0, 0.05) is 36.8 Å². The van der Waals surface area contributed by atoms with Crippen LogP contribution in [0.2, 0.25) is 0 Å². The highest BCUT2D eigenvalue weighted by Crippen LogP contribution is 2.25. The number of carbonyl (C=O) groups is 1. The molecule has 2 heterocycles. The van der Waals surface area contributed by atoms with Crippen LogP contribution in [0.15, 0.2) is 30.3 Å². The largest absolute Gasteiger partial charge is 0.390 e. The molecule has 0 bridgehead atoms. The maximum absolute atomic E-state index is 12.6. The zero-order chi connectivity index (χ0) is 16.4. The van der Waals surface area contributed by atoms with Crippen LogP contribution in [0.5, 0.6) is 0 Å². The van der Waals surface area contributed by atoms with E-state index in [0.717, 1.165) is 23.2 Å². The van der Waals surface area contributed by atoms with E-state index in [1.165, 1.54) is 0 Å². The molecule has 5 nitrogen and oxygen atoms in total. The van der Waals surface area contributed by atoms with Gasteiger partial charge in [0.2, 0.25) is 5.91 Å². The first-order chi connectivity index (χ1) is 11.1. The molecule has 0 fully saturated rings. The van der Waals surface area contributed by atoms with Crippen molar-refractivity contribution in [3.8, 4) is 0 Å². The summed E-state index contributed by atoms with van der Waals surface area (Å²) in [5.74, 6) is 0.128. The number of aromatic nitrogens is 2. The summed E-state index contributed by atoms with van der Waals surface area (Å²) in [5, 5.41) is 14.1. The summed E-state index contributed by atoms with van der Waals surface area (Å²) >= 11 is 0. The minimum absolute atomic E-state index is 0.0806. The van der Waals surface area contributed by atoms with Gasteiger partial charge in [-0.25, -0.2) is 0 Å². The summed E-state index contributed by atoms with van der Waals surface area (Å²) in [6.45, 7) is 5.34. The average Bonchev–Trinajstić information content (AvgIpc) is 2.94. The molecule has 122 valence electrons. The molecule has 0 radical (unpaired) electrons. The van der Waals surface area contributed by atoms with Gasteiger partial charge in [-0.3, -0.25) is 9.48 Å². The summed E-state index contributed by atoms with van der Waals surface area (Å²) in [4.78, 5) is 14.4. The van der Waals surface area contributed by atoms with Crippen LogP contribution in [0.25, 0.3) is 0 Å². The molecule has 3 rings (SSSR count). The number of amides is 1. The third kappa shape index (κ3) is 3.15. The molecule has 0 aliphatic carbocycles. The van der Waals surface area contributed by atoms with E-state index in [2.05, 4.69) is 18.9 Å². The van der Waals surface area contributed by atoms with Crippen molar-refractivity contribution in [3.63, 3.8) is 0 Å². The Kier molecular flexibility index (Phi) is 4.48.